The Kier molecular flexibility index (Phi) is 5.40. The predicted octanol–water partition coefficient (Wildman–Crippen LogP) is 1.74. The van der Waals surface area contributed by atoms with Gasteiger partial charge in [-0.3, -0.25) is 4.79 Å². The van der Waals surface area contributed by atoms with Crippen molar-refractivity contribution in [3.05, 3.63) is 34.3 Å². The third-order valence-electron chi connectivity index (χ3n) is 3.73. The minimum Gasteiger partial charge on any atom is -0.359 e. The van der Waals surface area contributed by atoms with Crippen molar-refractivity contribution < 1.29 is 13.2 Å². The highest BCUT2D eigenvalue weighted by Crippen LogP contribution is 2.22. The monoisotopic (exact) mass is 374 g/mol. The molecule has 2 rings (SSSR count). The number of benzene rings is 1. The first kappa shape index (κ1) is 16.5. The average molecular weight is 375 g/mol. The molecular formula is C14H19BrN2O3S. The van der Waals surface area contributed by atoms with Crippen molar-refractivity contribution in [3.8, 4) is 0 Å². The average Bonchev–Trinajstić information content (AvgIpc) is 2.49. The van der Waals surface area contributed by atoms with Crippen LogP contribution in [0.4, 0.5) is 0 Å². The van der Waals surface area contributed by atoms with E-state index in [4.69, 9.17) is 0 Å². The van der Waals surface area contributed by atoms with Crippen LogP contribution < -0.4 is 5.32 Å². The fraction of sp³-hybridized carbons (Fsp3) is 0.500. The highest BCUT2D eigenvalue weighted by atomic mass is 79.9. The van der Waals surface area contributed by atoms with Gasteiger partial charge in [0.1, 0.15) is 0 Å². The number of carbonyl (C=O) groups is 1. The molecule has 0 bridgehead atoms. The number of halogens is 1. The van der Waals surface area contributed by atoms with Gasteiger partial charge in [0, 0.05) is 30.5 Å². The van der Waals surface area contributed by atoms with Gasteiger partial charge in [0.25, 0.3) is 0 Å². The van der Waals surface area contributed by atoms with Crippen LogP contribution in [0.25, 0.3) is 0 Å². The molecule has 21 heavy (non-hydrogen) atoms. The molecule has 0 atom stereocenters. The molecule has 1 aliphatic heterocycles. The van der Waals surface area contributed by atoms with E-state index in [0.717, 1.165) is 10.0 Å². The number of nitrogens with one attached hydrogen (secondary N) is 1. The third-order valence-corrected chi connectivity index (χ3v) is 6.11. The molecule has 0 saturated carbocycles. The Hall–Kier alpha value is -0.920. The molecule has 1 saturated heterocycles. The van der Waals surface area contributed by atoms with Crippen LogP contribution in [-0.4, -0.2) is 38.8 Å². The van der Waals surface area contributed by atoms with Crippen LogP contribution in [0.3, 0.4) is 0 Å². The summed E-state index contributed by atoms with van der Waals surface area (Å²) in [5.74, 6) is -0.0700. The van der Waals surface area contributed by atoms with Gasteiger partial charge < -0.3 is 5.32 Å². The topological polar surface area (TPSA) is 66.5 Å². The Balaban J connectivity index is 1.98. The van der Waals surface area contributed by atoms with Crippen LogP contribution in [-0.2, 0) is 20.6 Å². The molecule has 0 aromatic heterocycles. The summed E-state index contributed by atoms with van der Waals surface area (Å²) < 4.78 is 27.2. The van der Waals surface area contributed by atoms with Crippen molar-refractivity contribution in [2.45, 2.75) is 18.6 Å². The lowest BCUT2D eigenvalue weighted by molar-refractivity contribution is -0.125. The van der Waals surface area contributed by atoms with Crippen molar-refractivity contribution in [1.29, 1.82) is 0 Å². The van der Waals surface area contributed by atoms with Crippen LogP contribution in [0.5, 0.6) is 0 Å². The van der Waals surface area contributed by atoms with E-state index in [1.807, 2.05) is 12.1 Å². The van der Waals surface area contributed by atoms with E-state index in [1.54, 1.807) is 19.2 Å². The maximum atomic E-state index is 12.4. The summed E-state index contributed by atoms with van der Waals surface area (Å²) in [5.41, 5.74) is 0.770. The minimum absolute atomic E-state index is 0.0000393. The van der Waals surface area contributed by atoms with E-state index < -0.39 is 10.0 Å². The molecule has 1 heterocycles. The standard InChI is InChI=1S/C14H19BrN2O3S/c1-16-14(18)12-6-8-17(9-7-12)21(19,20)10-11-2-4-13(15)5-3-11/h2-5,12H,6-10H2,1H3,(H,16,18). The molecule has 1 aromatic rings. The molecule has 1 fully saturated rings. The van der Waals surface area contributed by atoms with Crippen LogP contribution in [0.15, 0.2) is 28.7 Å². The summed E-state index contributed by atoms with van der Waals surface area (Å²) in [6, 6.07) is 7.28. The first-order chi connectivity index (χ1) is 9.92. The molecular weight excluding hydrogens is 356 g/mol. The Morgan fingerprint density at radius 1 is 1.29 bits per heavy atom. The van der Waals surface area contributed by atoms with Gasteiger partial charge in [-0.2, -0.15) is 0 Å². The first-order valence-electron chi connectivity index (χ1n) is 6.86. The Morgan fingerprint density at radius 2 is 1.86 bits per heavy atom. The second-order valence-corrected chi connectivity index (χ2v) is 8.05. The van der Waals surface area contributed by atoms with Crippen LogP contribution in [0.2, 0.25) is 0 Å². The first-order valence-corrected chi connectivity index (χ1v) is 9.26. The molecule has 0 spiro atoms. The summed E-state index contributed by atoms with van der Waals surface area (Å²) in [7, 11) is -1.71. The Bertz CT molecular complexity index is 593. The second kappa shape index (κ2) is 6.89. The fourth-order valence-electron chi connectivity index (χ4n) is 2.48. The van der Waals surface area contributed by atoms with Gasteiger partial charge in [0.05, 0.1) is 5.75 Å². The SMILES string of the molecule is CNC(=O)C1CCN(S(=O)(=O)Cc2ccc(Br)cc2)CC1. The van der Waals surface area contributed by atoms with E-state index in [1.165, 1.54) is 4.31 Å². The van der Waals surface area contributed by atoms with Crippen molar-refractivity contribution in [2.75, 3.05) is 20.1 Å². The molecule has 5 nitrogen and oxygen atoms in total. The minimum atomic E-state index is -3.32. The summed E-state index contributed by atoms with van der Waals surface area (Å²) in [4.78, 5) is 11.6. The van der Waals surface area contributed by atoms with Gasteiger partial charge in [-0.05, 0) is 30.5 Å². The zero-order chi connectivity index (χ0) is 15.5. The zero-order valence-electron chi connectivity index (χ0n) is 11.9. The molecule has 1 N–H and O–H groups in total. The van der Waals surface area contributed by atoms with Gasteiger partial charge in [0.2, 0.25) is 15.9 Å². The van der Waals surface area contributed by atoms with Gasteiger partial charge in [-0.1, -0.05) is 28.1 Å². The highest BCUT2D eigenvalue weighted by molar-refractivity contribution is 9.10. The highest BCUT2D eigenvalue weighted by Gasteiger charge is 2.30. The van der Waals surface area contributed by atoms with Gasteiger partial charge in [0.15, 0.2) is 0 Å². The number of amides is 1. The van der Waals surface area contributed by atoms with Gasteiger partial charge in [-0.15, -0.1) is 0 Å². The quantitative estimate of drug-likeness (QED) is 0.872. The third kappa shape index (κ3) is 4.28. The number of hydrogen-bond donors (Lipinski definition) is 1. The largest absolute Gasteiger partial charge is 0.359 e. The number of rotatable bonds is 4. The number of piperidine rings is 1. The van der Waals surface area contributed by atoms with Crippen molar-refractivity contribution >= 4 is 31.9 Å². The molecule has 1 amide bonds. The summed E-state index contributed by atoms with van der Waals surface area (Å²) in [5, 5.41) is 2.62. The lowest BCUT2D eigenvalue weighted by atomic mass is 9.97. The van der Waals surface area contributed by atoms with Crippen LogP contribution in [0, 0.1) is 5.92 Å². The number of hydrogen-bond acceptors (Lipinski definition) is 3. The van der Waals surface area contributed by atoms with Gasteiger partial charge in [-0.25, -0.2) is 12.7 Å². The molecule has 1 aliphatic rings. The normalized spacial score (nSPS) is 17.6. The zero-order valence-corrected chi connectivity index (χ0v) is 14.3. The number of nitrogens with zero attached hydrogens (tertiary/aromatic N) is 1. The van der Waals surface area contributed by atoms with E-state index in [0.29, 0.717) is 25.9 Å². The molecule has 0 unspecified atom stereocenters. The lowest BCUT2D eigenvalue weighted by Gasteiger charge is -2.30. The number of carbonyl (C=O) groups excluding carboxylic acids is 1. The maximum Gasteiger partial charge on any atom is 0.222 e. The molecule has 0 radical (unpaired) electrons. The van der Waals surface area contributed by atoms with E-state index >= 15 is 0 Å². The second-order valence-electron chi connectivity index (χ2n) is 5.17. The summed E-state index contributed by atoms with van der Waals surface area (Å²) >= 11 is 3.33. The summed E-state index contributed by atoms with van der Waals surface area (Å²) in [6.45, 7) is 0.827. The van der Waals surface area contributed by atoms with Crippen LogP contribution >= 0.6 is 15.9 Å². The van der Waals surface area contributed by atoms with Crippen molar-refractivity contribution in [2.24, 2.45) is 5.92 Å². The fourth-order valence-corrected chi connectivity index (χ4v) is 4.31. The Labute approximate surface area is 133 Å². The van der Waals surface area contributed by atoms with Crippen molar-refractivity contribution in [3.63, 3.8) is 0 Å². The van der Waals surface area contributed by atoms with Gasteiger partial charge >= 0.3 is 0 Å². The van der Waals surface area contributed by atoms with Crippen molar-refractivity contribution in [1.82, 2.24) is 9.62 Å². The molecule has 116 valence electrons. The molecule has 0 aliphatic carbocycles. The van der Waals surface area contributed by atoms with E-state index in [9.17, 15) is 13.2 Å². The lowest BCUT2D eigenvalue weighted by Crippen LogP contribution is -2.42. The number of sulfonamides is 1. The molecule has 1 aromatic carbocycles. The smallest absolute Gasteiger partial charge is 0.222 e. The van der Waals surface area contributed by atoms with E-state index in [-0.39, 0.29) is 17.6 Å². The van der Waals surface area contributed by atoms with E-state index in [2.05, 4.69) is 21.2 Å². The summed E-state index contributed by atoms with van der Waals surface area (Å²) in [6.07, 6.45) is 1.17. The predicted molar refractivity (Wildman–Crippen MR) is 85.1 cm³/mol. The molecule has 7 heteroatoms. The van der Waals surface area contributed by atoms with Crippen LogP contribution in [0.1, 0.15) is 18.4 Å². The Morgan fingerprint density at radius 3 is 2.38 bits per heavy atom. The maximum absolute atomic E-state index is 12.4.